The van der Waals surface area contributed by atoms with Gasteiger partial charge in [-0.05, 0) is 77.4 Å². The van der Waals surface area contributed by atoms with Gasteiger partial charge in [0.25, 0.3) is 5.91 Å². The molecule has 0 saturated heterocycles. The first-order chi connectivity index (χ1) is 18.3. The van der Waals surface area contributed by atoms with Crippen LogP contribution in [-0.2, 0) is 21.4 Å². The highest BCUT2D eigenvalue weighted by Gasteiger charge is 2.29. The molecule has 0 bridgehead atoms. The number of rotatable bonds is 10. The van der Waals surface area contributed by atoms with Crippen molar-refractivity contribution in [2.75, 3.05) is 17.7 Å². The minimum atomic E-state index is -3.74. The Labute approximate surface area is 222 Å². The summed E-state index contributed by atoms with van der Waals surface area (Å²) in [5.41, 5.74) is 4.61. The molecule has 196 valence electrons. The number of sulfonamides is 1. The van der Waals surface area contributed by atoms with E-state index in [1.165, 1.54) is 25.6 Å². The van der Waals surface area contributed by atoms with Crippen molar-refractivity contribution in [2.24, 2.45) is 5.10 Å². The first kappa shape index (κ1) is 26.7. The lowest BCUT2D eigenvalue weighted by atomic mass is 10.1. The van der Waals surface area contributed by atoms with Crippen LogP contribution in [0.1, 0.15) is 18.1 Å². The fourth-order valence-corrected chi connectivity index (χ4v) is 5.21. The molecule has 0 radical (unpaired) electrons. The van der Waals surface area contributed by atoms with E-state index >= 15 is 0 Å². The SMILES string of the molecule is COc1ccc(N(C(C)C(=O)N/N=C/c2ccc(OCc3cccc4ccccc34)cc2)S(C)(=O)=O)cc1. The number of ether oxygens (including phenoxy) is 2. The largest absolute Gasteiger partial charge is 0.497 e. The van der Waals surface area contributed by atoms with Gasteiger partial charge in [-0.2, -0.15) is 5.10 Å². The lowest BCUT2D eigenvalue weighted by Gasteiger charge is -2.27. The molecular weight excluding hydrogens is 502 g/mol. The summed E-state index contributed by atoms with van der Waals surface area (Å²) in [5, 5.41) is 6.32. The number of carbonyl (C=O) groups is 1. The lowest BCUT2D eigenvalue weighted by Crippen LogP contribution is -2.46. The Balaban J connectivity index is 1.36. The van der Waals surface area contributed by atoms with Crippen molar-refractivity contribution in [3.63, 3.8) is 0 Å². The zero-order valence-electron chi connectivity index (χ0n) is 21.4. The molecule has 8 nitrogen and oxygen atoms in total. The third-order valence-electron chi connectivity index (χ3n) is 5.96. The number of hydrazone groups is 1. The molecule has 0 spiro atoms. The smallest absolute Gasteiger partial charge is 0.263 e. The number of nitrogens with one attached hydrogen (secondary N) is 1. The second-order valence-electron chi connectivity index (χ2n) is 8.66. The maximum atomic E-state index is 12.7. The van der Waals surface area contributed by atoms with Gasteiger partial charge >= 0.3 is 0 Å². The number of hydrogen-bond acceptors (Lipinski definition) is 6. The maximum absolute atomic E-state index is 12.7. The summed E-state index contributed by atoms with van der Waals surface area (Å²) in [6.07, 6.45) is 2.53. The first-order valence-electron chi connectivity index (χ1n) is 11.9. The number of amides is 1. The molecule has 0 aliphatic carbocycles. The molecule has 0 saturated carbocycles. The Bertz CT molecular complexity index is 1530. The minimum absolute atomic E-state index is 0.346. The summed E-state index contributed by atoms with van der Waals surface area (Å²) in [6, 6.07) is 27.0. The van der Waals surface area contributed by atoms with E-state index in [4.69, 9.17) is 9.47 Å². The van der Waals surface area contributed by atoms with Crippen molar-refractivity contribution in [3.05, 3.63) is 102 Å². The van der Waals surface area contributed by atoms with E-state index in [9.17, 15) is 13.2 Å². The summed E-state index contributed by atoms with van der Waals surface area (Å²) in [4.78, 5) is 12.7. The van der Waals surface area contributed by atoms with Gasteiger partial charge in [0.1, 0.15) is 24.1 Å². The average Bonchev–Trinajstić information content (AvgIpc) is 2.92. The first-order valence-corrected chi connectivity index (χ1v) is 13.8. The van der Waals surface area contributed by atoms with Gasteiger partial charge in [-0.3, -0.25) is 9.10 Å². The highest BCUT2D eigenvalue weighted by molar-refractivity contribution is 7.92. The van der Waals surface area contributed by atoms with Gasteiger partial charge in [0, 0.05) is 0 Å². The van der Waals surface area contributed by atoms with Gasteiger partial charge < -0.3 is 9.47 Å². The zero-order chi connectivity index (χ0) is 27.1. The van der Waals surface area contributed by atoms with Crippen LogP contribution in [0.4, 0.5) is 5.69 Å². The monoisotopic (exact) mass is 531 g/mol. The van der Waals surface area contributed by atoms with E-state index in [1.54, 1.807) is 24.3 Å². The Kier molecular flexibility index (Phi) is 8.28. The van der Waals surface area contributed by atoms with Crippen LogP contribution in [0.3, 0.4) is 0 Å². The van der Waals surface area contributed by atoms with Gasteiger partial charge in [0.05, 0.1) is 25.3 Å². The molecule has 1 amide bonds. The number of anilines is 1. The third kappa shape index (κ3) is 6.49. The van der Waals surface area contributed by atoms with Crippen LogP contribution in [-0.4, -0.2) is 39.9 Å². The number of benzene rings is 4. The van der Waals surface area contributed by atoms with E-state index in [0.29, 0.717) is 23.8 Å². The highest BCUT2D eigenvalue weighted by Crippen LogP contribution is 2.24. The van der Waals surface area contributed by atoms with Gasteiger partial charge in [-0.25, -0.2) is 13.8 Å². The van der Waals surface area contributed by atoms with Crippen LogP contribution in [0.5, 0.6) is 11.5 Å². The van der Waals surface area contributed by atoms with E-state index in [2.05, 4.69) is 28.7 Å². The van der Waals surface area contributed by atoms with Crippen LogP contribution in [0.2, 0.25) is 0 Å². The Morgan fingerprint density at radius 3 is 2.29 bits per heavy atom. The van der Waals surface area contributed by atoms with Gasteiger partial charge in [0.2, 0.25) is 10.0 Å². The van der Waals surface area contributed by atoms with Crippen LogP contribution in [0, 0.1) is 0 Å². The van der Waals surface area contributed by atoms with Gasteiger partial charge in [-0.15, -0.1) is 0 Å². The van der Waals surface area contributed by atoms with Crippen LogP contribution in [0.15, 0.2) is 96.1 Å². The third-order valence-corrected chi connectivity index (χ3v) is 7.20. The fourth-order valence-electron chi connectivity index (χ4n) is 4.03. The van der Waals surface area contributed by atoms with Crippen molar-refractivity contribution >= 4 is 38.6 Å². The molecule has 0 fully saturated rings. The molecule has 4 rings (SSSR count). The van der Waals surface area contributed by atoms with E-state index < -0.39 is 22.0 Å². The predicted molar refractivity (Wildman–Crippen MR) is 150 cm³/mol. The summed E-state index contributed by atoms with van der Waals surface area (Å²) < 4.78 is 37.0. The molecule has 0 aromatic heterocycles. The number of nitrogens with zero attached hydrogens (tertiary/aromatic N) is 2. The highest BCUT2D eigenvalue weighted by atomic mass is 32.2. The standard InChI is InChI=1S/C29H29N3O5S/c1-21(32(38(3,34)35)25-13-17-26(36-2)18-14-25)29(33)31-30-19-22-11-15-27(16-12-22)37-20-24-9-6-8-23-7-4-5-10-28(23)24/h4-19,21H,20H2,1-3H3,(H,31,33)/b30-19+. The van der Waals surface area contributed by atoms with Crippen LogP contribution < -0.4 is 19.2 Å². The molecule has 0 heterocycles. The quantitative estimate of drug-likeness (QED) is 0.236. The summed E-state index contributed by atoms with van der Waals surface area (Å²) in [6.45, 7) is 1.94. The van der Waals surface area contributed by atoms with Crippen molar-refractivity contribution in [1.82, 2.24) is 5.43 Å². The Hall–Kier alpha value is -4.37. The number of carbonyl (C=O) groups excluding carboxylic acids is 1. The number of methoxy groups -OCH3 is 1. The number of hydrogen-bond donors (Lipinski definition) is 1. The molecule has 9 heteroatoms. The lowest BCUT2D eigenvalue weighted by molar-refractivity contribution is -0.121. The maximum Gasteiger partial charge on any atom is 0.263 e. The molecule has 38 heavy (non-hydrogen) atoms. The molecule has 1 N–H and O–H groups in total. The average molecular weight is 532 g/mol. The molecule has 0 aliphatic rings. The second kappa shape index (κ2) is 11.8. The molecule has 1 unspecified atom stereocenters. The minimum Gasteiger partial charge on any atom is -0.497 e. The van der Waals surface area contributed by atoms with E-state index in [-0.39, 0.29) is 0 Å². The number of fused-ring (bicyclic) bond motifs is 1. The molecule has 4 aromatic carbocycles. The zero-order valence-corrected chi connectivity index (χ0v) is 22.2. The summed E-state index contributed by atoms with van der Waals surface area (Å²) in [7, 11) is -2.22. The predicted octanol–water partition coefficient (Wildman–Crippen LogP) is 4.73. The Morgan fingerprint density at radius 2 is 1.61 bits per heavy atom. The van der Waals surface area contributed by atoms with Gasteiger partial charge in [0.15, 0.2) is 0 Å². The van der Waals surface area contributed by atoms with Crippen molar-refractivity contribution < 1.29 is 22.7 Å². The topological polar surface area (TPSA) is 97.3 Å². The summed E-state index contributed by atoms with van der Waals surface area (Å²) in [5.74, 6) is 0.711. The molecule has 1 atom stereocenters. The van der Waals surface area contributed by atoms with E-state index in [1.807, 2.05) is 48.5 Å². The second-order valence-corrected chi connectivity index (χ2v) is 10.5. The molecular formula is C29H29N3O5S. The van der Waals surface area contributed by atoms with E-state index in [0.717, 1.165) is 27.1 Å². The summed E-state index contributed by atoms with van der Waals surface area (Å²) >= 11 is 0. The van der Waals surface area contributed by atoms with Crippen molar-refractivity contribution in [1.29, 1.82) is 0 Å². The van der Waals surface area contributed by atoms with Gasteiger partial charge in [-0.1, -0.05) is 42.5 Å². The van der Waals surface area contributed by atoms with Crippen molar-refractivity contribution in [2.45, 2.75) is 19.6 Å². The Morgan fingerprint density at radius 1 is 0.947 bits per heavy atom. The van der Waals surface area contributed by atoms with Crippen molar-refractivity contribution in [3.8, 4) is 11.5 Å². The molecule has 0 aliphatic heterocycles. The normalized spacial score (nSPS) is 12.3. The van der Waals surface area contributed by atoms with Crippen LogP contribution in [0.25, 0.3) is 10.8 Å². The van der Waals surface area contributed by atoms with Crippen LogP contribution >= 0.6 is 0 Å². The fraction of sp³-hybridized carbons (Fsp3) is 0.172. The molecule has 4 aromatic rings.